The summed E-state index contributed by atoms with van der Waals surface area (Å²) >= 11 is 0. The smallest absolute Gasteiger partial charge is 0.333 e. The zero-order chi connectivity index (χ0) is 11.8. The van der Waals surface area contributed by atoms with Gasteiger partial charge in [-0.1, -0.05) is 6.58 Å². The Bertz CT molecular complexity index is 280. The lowest BCUT2D eigenvalue weighted by Crippen LogP contribution is -2.15. The summed E-state index contributed by atoms with van der Waals surface area (Å²) in [5, 5.41) is 0. The molecule has 0 saturated carbocycles. The van der Waals surface area contributed by atoms with E-state index in [1.807, 2.05) is 0 Å². The summed E-state index contributed by atoms with van der Waals surface area (Å²) in [5.41, 5.74) is 0.0189. The molecule has 0 aliphatic carbocycles. The van der Waals surface area contributed by atoms with Crippen molar-refractivity contribution in [2.24, 2.45) is 0 Å². The molecule has 0 rings (SSSR count). The lowest BCUT2D eigenvalue weighted by molar-refractivity contribution is -0.148. The van der Waals surface area contributed by atoms with E-state index in [-0.39, 0.29) is 31.0 Å². The van der Waals surface area contributed by atoms with Crippen molar-refractivity contribution in [2.45, 2.75) is 20.3 Å². The van der Waals surface area contributed by atoms with Crippen LogP contribution in [0.4, 0.5) is 0 Å². The van der Waals surface area contributed by atoms with Crippen molar-refractivity contribution in [3.05, 3.63) is 12.2 Å². The Balaban J connectivity index is 3.91. The summed E-state index contributed by atoms with van der Waals surface area (Å²) in [6, 6.07) is 0. The average Bonchev–Trinajstić information content (AvgIpc) is 2.15. The van der Waals surface area contributed by atoms with Gasteiger partial charge in [-0.05, 0) is 13.8 Å². The highest BCUT2D eigenvalue weighted by Gasteiger charge is 2.13. The van der Waals surface area contributed by atoms with Crippen LogP contribution in [0.1, 0.15) is 20.3 Å². The van der Waals surface area contributed by atoms with E-state index in [9.17, 15) is 14.4 Å². The highest BCUT2D eigenvalue weighted by molar-refractivity contribution is 5.93. The fraction of sp³-hybridized carbons (Fsp3) is 0.500. The van der Waals surface area contributed by atoms with Gasteiger partial charge in [-0.2, -0.15) is 0 Å². The van der Waals surface area contributed by atoms with Crippen LogP contribution in [-0.4, -0.2) is 30.9 Å². The normalized spacial score (nSPS) is 9.20. The van der Waals surface area contributed by atoms with Crippen LogP contribution in [0.2, 0.25) is 0 Å². The maximum Gasteiger partial charge on any atom is 0.333 e. The van der Waals surface area contributed by atoms with Gasteiger partial charge < -0.3 is 9.47 Å². The second-order valence-corrected chi connectivity index (χ2v) is 2.86. The summed E-state index contributed by atoms with van der Waals surface area (Å²) in [6.07, 6.45) is -0.258. The van der Waals surface area contributed by atoms with Gasteiger partial charge in [0.2, 0.25) is 0 Å². The maximum atomic E-state index is 11.0. The zero-order valence-electron chi connectivity index (χ0n) is 8.87. The van der Waals surface area contributed by atoms with E-state index in [1.165, 1.54) is 6.92 Å². The van der Waals surface area contributed by atoms with Gasteiger partial charge in [0.15, 0.2) is 5.78 Å². The van der Waals surface area contributed by atoms with Crippen molar-refractivity contribution in [3.8, 4) is 0 Å². The SMILES string of the molecule is C=C(CC(=O)OCC(C)=O)C(=O)OCC. The van der Waals surface area contributed by atoms with Crippen LogP contribution in [0.5, 0.6) is 0 Å². The van der Waals surface area contributed by atoms with E-state index >= 15 is 0 Å². The Morgan fingerprint density at radius 2 is 1.80 bits per heavy atom. The second-order valence-electron chi connectivity index (χ2n) is 2.86. The fourth-order valence-corrected chi connectivity index (χ4v) is 0.713. The van der Waals surface area contributed by atoms with Gasteiger partial charge in [0.05, 0.1) is 13.0 Å². The van der Waals surface area contributed by atoms with Crippen molar-refractivity contribution < 1.29 is 23.9 Å². The first-order chi connectivity index (χ1) is 6.97. The average molecular weight is 214 g/mol. The molecule has 0 bridgehead atoms. The molecule has 0 heterocycles. The van der Waals surface area contributed by atoms with Crippen LogP contribution in [-0.2, 0) is 23.9 Å². The summed E-state index contributed by atoms with van der Waals surface area (Å²) in [5.74, 6) is -1.55. The lowest BCUT2D eigenvalue weighted by Gasteiger charge is -2.04. The maximum absolute atomic E-state index is 11.0. The second kappa shape index (κ2) is 6.75. The number of esters is 2. The molecule has 0 N–H and O–H groups in total. The molecule has 0 spiro atoms. The number of carbonyl (C=O) groups excluding carboxylic acids is 3. The topological polar surface area (TPSA) is 69.7 Å². The van der Waals surface area contributed by atoms with E-state index in [0.29, 0.717) is 0 Å². The molecule has 0 amide bonds. The van der Waals surface area contributed by atoms with Crippen LogP contribution >= 0.6 is 0 Å². The molecule has 84 valence electrons. The highest BCUT2D eigenvalue weighted by atomic mass is 16.5. The fourth-order valence-electron chi connectivity index (χ4n) is 0.713. The number of rotatable bonds is 6. The minimum atomic E-state index is -0.664. The monoisotopic (exact) mass is 214 g/mol. The largest absolute Gasteiger partial charge is 0.463 e. The first-order valence-corrected chi connectivity index (χ1v) is 4.47. The number of ketones is 1. The van der Waals surface area contributed by atoms with Gasteiger partial charge in [0, 0.05) is 5.57 Å². The standard InChI is InChI=1S/C10H14O5/c1-4-14-10(13)7(2)5-9(12)15-6-8(3)11/h2,4-6H2,1,3H3. The first-order valence-electron chi connectivity index (χ1n) is 4.47. The first kappa shape index (κ1) is 13.4. The molecule has 0 aromatic rings. The molecule has 0 saturated heterocycles. The van der Waals surface area contributed by atoms with Gasteiger partial charge in [0.1, 0.15) is 6.61 Å². The van der Waals surface area contributed by atoms with E-state index in [1.54, 1.807) is 6.92 Å². The number of carbonyl (C=O) groups is 3. The minimum absolute atomic E-state index is 0.0189. The number of ether oxygens (including phenoxy) is 2. The van der Waals surface area contributed by atoms with Gasteiger partial charge >= 0.3 is 11.9 Å². The van der Waals surface area contributed by atoms with Crippen LogP contribution in [0.15, 0.2) is 12.2 Å². The van der Waals surface area contributed by atoms with E-state index in [0.717, 1.165) is 0 Å². The van der Waals surface area contributed by atoms with E-state index in [2.05, 4.69) is 16.1 Å². The predicted octanol–water partition coefficient (Wildman–Crippen LogP) is 0.628. The third kappa shape index (κ3) is 6.42. The van der Waals surface area contributed by atoms with Crippen LogP contribution < -0.4 is 0 Å². The number of Topliss-reactive ketones (excluding diaryl/α,β-unsaturated/α-hetero) is 1. The van der Waals surface area contributed by atoms with Gasteiger partial charge in [0.25, 0.3) is 0 Å². The highest BCUT2D eigenvalue weighted by Crippen LogP contribution is 2.02. The van der Waals surface area contributed by atoms with E-state index < -0.39 is 11.9 Å². The van der Waals surface area contributed by atoms with Gasteiger partial charge in [-0.3, -0.25) is 9.59 Å². The van der Waals surface area contributed by atoms with Crippen molar-refractivity contribution in [3.63, 3.8) is 0 Å². The molecule has 15 heavy (non-hydrogen) atoms. The summed E-state index contributed by atoms with van der Waals surface area (Å²) in [4.78, 5) is 32.5. The summed E-state index contributed by atoms with van der Waals surface area (Å²) in [7, 11) is 0. The van der Waals surface area contributed by atoms with Crippen molar-refractivity contribution in [1.29, 1.82) is 0 Å². The van der Waals surface area contributed by atoms with Crippen molar-refractivity contribution >= 4 is 17.7 Å². The molecule has 0 fully saturated rings. The Morgan fingerprint density at radius 1 is 1.20 bits per heavy atom. The van der Waals surface area contributed by atoms with Crippen molar-refractivity contribution in [1.82, 2.24) is 0 Å². The predicted molar refractivity (Wildman–Crippen MR) is 52.0 cm³/mol. The van der Waals surface area contributed by atoms with Gasteiger partial charge in [-0.15, -0.1) is 0 Å². The molecule has 0 radical (unpaired) electrons. The quantitative estimate of drug-likeness (QED) is 0.479. The Morgan fingerprint density at radius 3 is 2.27 bits per heavy atom. The lowest BCUT2D eigenvalue weighted by atomic mass is 10.2. The zero-order valence-corrected chi connectivity index (χ0v) is 8.87. The number of hydrogen-bond acceptors (Lipinski definition) is 5. The van der Waals surface area contributed by atoms with Crippen LogP contribution in [0.3, 0.4) is 0 Å². The Hall–Kier alpha value is -1.65. The molecule has 0 aliphatic heterocycles. The molecule has 0 unspecified atom stereocenters. The van der Waals surface area contributed by atoms with Crippen molar-refractivity contribution in [2.75, 3.05) is 13.2 Å². The summed E-state index contributed by atoms with van der Waals surface area (Å²) in [6.45, 7) is 6.27. The van der Waals surface area contributed by atoms with Crippen LogP contribution in [0, 0.1) is 0 Å². The Kier molecular flexibility index (Phi) is 6.01. The van der Waals surface area contributed by atoms with Gasteiger partial charge in [-0.25, -0.2) is 4.79 Å². The van der Waals surface area contributed by atoms with E-state index in [4.69, 9.17) is 0 Å². The molecular formula is C10H14O5. The molecule has 0 aromatic heterocycles. The molecule has 5 nitrogen and oxygen atoms in total. The minimum Gasteiger partial charge on any atom is -0.463 e. The third-order valence-electron chi connectivity index (χ3n) is 1.36. The van der Waals surface area contributed by atoms with Crippen LogP contribution in [0.25, 0.3) is 0 Å². The molecule has 0 aliphatic rings. The molecule has 5 heteroatoms. The molecule has 0 atom stereocenters. The molecular weight excluding hydrogens is 200 g/mol. The third-order valence-corrected chi connectivity index (χ3v) is 1.36. The summed E-state index contributed by atoms with van der Waals surface area (Å²) < 4.78 is 9.16. The number of hydrogen-bond donors (Lipinski definition) is 0. The Labute approximate surface area is 88.0 Å². The molecule has 0 aromatic carbocycles.